The van der Waals surface area contributed by atoms with Crippen LogP contribution in [0.3, 0.4) is 0 Å². The number of anilines is 3. The molecule has 3 heterocycles. The lowest BCUT2D eigenvalue weighted by Crippen LogP contribution is -2.43. The zero-order chi connectivity index (χ0) is 33.3. The summed E-state index contributed by atoms with van der Waals surface area (Å²) in [4.78, 5) is 9.78. The summed E-state index contributed by atoms with van der Waals surface area (Å²) in [6, 6.07) is 34.6. The van der Waals surface area contributed by atoms with E-state index in [1.54, 1.807) is 0 Å². The van der Waals surface area contributed by atoms with Gasteiger partial charge in [0.25, 0.3) is 0 Å². The first-order valence-electron chi connectivity index (χ1n) is 16.7. The van der Waals surface area contributed by atoms with Gasteiger partial charge < -0.3 is 14.5 Å². The third-order valence-electron chi connectivity index (χ3n) is 9.35. The predicted octanol–water partition coefficient (Wildman–Crippen LogP) is 11.3. The van der Waals surface area contributed by atoms with E-state index in [2.05, 4.69) is 174 Å². The lowest BCUT2D eigenvalue weighted by atomic mass is 9.85. The van der Waals surface area contributed by atoms with Gasteiger partial charge in [0.2, 0.25) is 0 Å². The third kappa shape index (κ3) is 5.52. The first kappa shape index (κ1) is 30.9. The summed E-state index contributed by atoms with van der Waals surface area (Å²) in [7, 11) is 0. The van der Waals surface area contributed by atoms with E-state index in [0.29, 0.717) is 0 Å². The Labute approximate surface area is 279 Å². The Balaban J connectivity index is 1.33. The van der Waals surface area contributed by atoms with E-state index >= 15 is 0 Å². The highest BCUT2D eigenvalue weighted by Gasteiger charge is 2.35. The van der Waals surface area contributed by atoms with Gasteiger partial charge in [0.1, 0.15) is 17.3 Å². The van der Waals surface area contributed by atoms with Gasteiger partial charge in [-0.05, 0) is 91.3 Å². The topological polar surface area (TPSA) is 33.5 Å². The zero-order valence-corrected chi connectivity index (χ0v) is 29.2. The van der Waals surface area contributed by atoms with Crippen molar-refractivity contribution in [1.82, 2.24) is 9.55 Å². The van der Waals surface area contributed by atoms with Gasteiger partial charge in [-0.2, -0.15) is 0 Å². The van der Waals surface area contributed by atoms with Crippen molar-refractivity contribution in [1.29, 1.82) is 0 Å². The molecule has 240 valence electrons. The Morgan fingerprint density at radius 2 is 1.26 bits per heavy atom. The van der Waals surface area contributed by atoms with Gasteiger partial charge in [0, 0.05) is 34.6 Å². The SMILES string of the molecule is CC(C)(C)c1ccnc(-n2c3ccccc3c3ccc(Oc4ccc(C(C)(C)C)c(N5CN(C(C)(C)C)c6ccccc65)c4)cc32)c1. The lowest BCUT2D eigenvalue weighted by molar-refractivity contribution is 0.482. The summed E-state index contributed by atoms with van der Waals surface area (Å²) in [6.45, 7) is 21.2. The summed E-state index contributed by atoms with van der Waals surface area (Å²) in [5.74, 6) is 2.52. The average molecular weight is 623 g/mol. The van der Waals surface area contributed by atoms with Gasteiger partial charge in [-0.15, -0.1) is 0 Å². The molecule has 5 heteroatoms. The first-order valence-corrected chi connectivity index (χ1v) is 16.7. The van der Waals surface area contributed by atoms with Crippen LogP contribution in [0.4, 0.5) is 17.1 Å². The highest BCUT2D eigenvalue weighted by molar-refractivity contribution is 6.09. The van der Waals surface area contributed by atoms with Crippen molar-refractivity contribution in [3.05, 3.63) is 114 Å². The van der Waals surface area contributed by atoms with Gasteiger partial charge in [-0.1, -0.05) is 77.9 Å². The molecule has 0 atom stereocenters. The lowest BCUT2D eigenvalue weighted by Gasteiger charge is -2.35. The van der Waals surface area contributed by atoms with Crippen molar-refractivity contribution in [3.63, 3.8) is 0 Å². The number of hydrogen-bond donors (Lipinski definition) is 0. The van der Waals surface area contributed by atoms with E-state index in [9.17, 15) is 0 Å². The van der Waals surface area contributed by atoms with Crippen molar-refractivity contribution >= 4 is 38.9 Å². The van der Waals surface area contributed by atoms with Crippen molar-refractivity contribution in [2.75, 3.05) is 16.5 Å². The molecule has 0 radical (unpaired) electrons. The fourth-order valence-electron chi connectivity index (χ4n) is 6.83. The molecule has 0 spiro atoms. The molecule has 0 aliphatic carbocycles. The molecule has 7 rings (SSSR count). The molecule has 0 N–H and O–H groups in total. The van der Waals surface area contributed by atoms with Crippen LogP contribution >= 0.6 is 0 Å². The molecule has 0 amide bonds. The molecule has 0 saturated heterocycles. The molecule has 2 aromatic heterocycles. The average Bonchev–Trinajstić information content (AvgIpc) is 3.57. The summed E-state index contributed by atoms with van der Waals surface area (Å²) in [5, 5.41) is 2.38. The highest BCUT2D eigenvalue weighted by atomic mass is 16.5. The second-order valence-electron chi connectivity index (χ2n) is 15.9. The van der Waals surface area contributed by atoms with Crippen molar-refractivity contribution < 1.29 is 4.74 Å². The van der Waals surface area contributed by atoms with Crippen LogP contribution in [-0.2, 0) is 10.8 Å². The fraction of sp³-hybridized carbons (Fsp3) is 0.310. The van der Waals surface area contributed by atoms with Crippen LogP contribution in [0.5, 0.6) is 11.5 Å². The maximum Gasteiger partial charge on any atom is 0.137 e. The highest BCUT2D eigenvalue weighted by Crippen LogP contribution is 2.47. The predicted molar refractivity (Wildman–Crippen MR) is 198 cm³/mol. The minimum absolute atomic E-state index is 0.0153. The monoisotopic (exact) mass is 622 g/mol. The number of benzene rings is 4. The Kier molecular flexibility index (Phi) is 7.16. The first-order chi connectivity index (χ1) is 22.2. The van der Waals surface area contributed by atoms with Crippen LogP contribution in [0.2, 0.25) is 0 Å². The fourth-order valence-corrected chi connectivity index (χ4v) is 6.83. The molecular weight excluding hydrogens is 576 g/mol. The normalized spacial score (nSPS) is 13.9. The smallest absolute Gasteiger partial charge is 0.137 e. The number of aromatic nitrogens is 2. The van der Waals surface area contributed by atoms with Gasteiger partial charge in [0.15, 0.2) is 0 Å². The molecule has 1 aliphatic rings. The molecule has 4 aromatic carbocycles. The molecule has 47 heavy (non-hydrogen) atoms. The molecule has 6 aromatic rings. The summed E-state index contributed by atoms with van der Waals surface area (Å²) in [6.07, 6.45) is 1.92. The molecule has 5 nitrogen and oxygen atoms in total. The Hall–Kier alpha value is -4.77. The Morgan fingerprint density at radius 1 is 0.596 bits per heavy atom. The van der Waals surface area contributed by atoms with E-state index in [0.717, 1.165) is 35.0 Å². The largest absolute Gasteiger partial charge is 0.457 e. The third-order valence-corrected chi connectivity index (χ3v) is 9.35. The number of rotatable bonds is 4. The van der Waals surface area contributed by atoms with Crippen molar-refractivity contribution in [2.45, 2.75) is 78.7 Å². The minimum atomic E-state index is -0.0492. The van der Waals surface area contributed by atoms with E-state index < -0.39 is 0 Å². The number of nitrogens with zero attached hydrogens (tertiary/aromatic N) is 4. The maximum atomic E-state index is 6.73. The number of pyridine rings is 1. The van der Waals surface area contributed by atoms with Gasteiger partial charge in [0.05, 0.1) is 34.8 Å². The van der Waals surface area contributed by atoms with Crippen LogP contribution in [0.1, 0.15) is 73.4 Å². The van der Waals surface area contributed by atoms with Crippen LogP contribution in [0.25, 0.3) is 27.6 Å². The van der Waals surface area contributed by atoms with Crippen molar-refractivity contribution in [2.24, 2.45) is 0 Å². The van der Waals surface area contributed by atoms with Crippen LogP contribution < -0.4 is 14.5 Å². The Morgan fingerprint density at radius 3 is 1.98 bits per heavy atom. The summed E-state index contributed by atoms with van der Waals surface area (Å²) in [5.41, 5.74) is 8.34. The number of para-hydroxylation sites is 3. The van der Waals surface area contributed by atoms with E-state index in [1.807, 2.05) is 6.20 Å². The quantitative estimate of drug-likeness (QED) is 0.196. The zero-order valence-electron chi connectivity index (χ0n) is 29.2. The summed E-state index contributed by atoms with van der Waals surface area (Å²) >= 11 is 0. The molecule has 0 unspecified atom stereocenters. The molecule has 1 aliphatic heterocycles. The van der Waals surface area contributed by atoms with E-state index in [-0.39, 0.29) is 16.4 Å². The van der Waals surface area contributed by atoms with Gasteiger partial charge in [-0.3, -0.25) is 4.57 Å². The minimum Gasteiger partial charge on any atom is -0.457 e. The molecular formula is C42H46N4O. The van der Waals surface area contributed by atoms with Crippen LogP contribution in [-0.4, -0.2) is 21.8 Å². The van der Waals surface area contributed by atoms with Crippen LogP contribution in [0, 0.1) is 0 Å². The number of hydrogen-bond acceptors (Lipinski definition) is 4. The number of fused-ring (bicyclic) bond motifs is 4. The standard InChI is InChI=1S/C42H46N4O/c1-40(2,3)28-22-23-43-39(24-28)46-34-15-11-10-14-31(34)32-20-18-29(25-37(32)46)47-30-19-21-33(41(4,5)6)38(26-30)44-27-45(42(7,8)9)36-17-13-12-16-35(36)44/h10-26H,27H2,1-9H3. The molecule has 0 bridgehead atoms. The number of ether oxygens (including phenoxy) is 1. The van der Waals surface area contributed by atoms with Crippen LogP contribution in [0.15, 0.2) is 103 Å². The second kappa shape index (κ2) is 10.9. The summed E-state index contributed by atoms with van der Waals surface area (Å²) < 4.78 is 8.99. The second-order valence-corrected chi connectivity index (χ2v) is 15.9. The maximum absolute atomic E-state index is 6.73. The van der Waals surface area contributed by atoms with E-state index in [4.69, 9.17) is 9.72 Å². The molecule has 0 saturated carbocycles. The van der Waals surface area contributed by atoms with Gasteiger partial charge in [-0.25, -0.2) is 4.98 Å². The molecule has 0 fully saturated rings. The van der Waals surface area contributed by atoms with Gasteiger partial charge >= 0.3 is 0 Å². The van der Waals surface area contributed by atoms with E-state index in [1.165, 1.54) is 39.0 Å². The Bertz CT molecular complexity index is 2120. The van der Waals surface area contributed by atoms with Crippen molar-refractivity contribution in [3.8, 4) is 17.3 Å².